The number of hydrogen-bond donors (Lipinski definition) is 0. The van der Waals surface area contributed by atoms with Gasteiger partial charge in [0.25, 0.3) is 5.56 Å². The first-order valence-corrected chi connectivity index (χ1v) is 9.86. The molecule has 0 unspecified atom stereocenters. The number of ether oxygens (including phenoxy) is 1. The SMILES string of the molecule is Cc1ccc2nc(CS(=O)(=O)CCOCCC(C)C)cc(=O)n2c1. The molecule has 2 aromatic rings. The van der Waals surface area contributed by atoms with Gasteiger partial charge in [-0.05, 0) is 30.9 Å². The van der Waals surface area contributed by atoms with E-state index in [-0.39, 0.29) is 29.4 Å². The zero-order valence-corrected chi connectivity index (χ0v) is 15.2. The summed E-state index contributed by atoms with van der Waals surface area (Å²) < 4.78 is 31.1. The van der Waals surface area contributed by atoms with E-state index >= 15 is 0 Å². The van der Waals surface area contributed by atoms with Crippen molar-refractivity contribution in [1.82, 2.24) is 9.38 Å². The van der Waals surface area contributed by atoms with Crippen LogP contribution in [0.25, 0.3) is 5.65 Å². The van der Waals surface area contributed by atoms with Gasteiger partial charge in [0, 0.05) is 18.9 Å². The fourth-order valence-corrected chi connectivity index (χ4v) is 3.35. The molecule has 0 aliphatic carbocycles. The van der Waals surface area contributed by atoms with Gasteiger partial charge in [0.05, 0.1) is 23.8 Å². The molecule has 0 radical (unpaired) electrons. The van der Waals surface area contributed by atoms with Crippen molar-refractivity contribution in [3.63, 3.8) is 0 Å². The molecule has 0 saturated carbocycles. The van der Waals surface area contributed by atoms with Crippen LogP contribution in [0.2, 0.25) is 0 Å². The summed E-state index contributed by atoms with van der Waals surface area (Å²) in [5.41, 5.74) is 1.38. The maximum atomic E-state index is 12.2. The molecule has 7 heteroatoms. The average Bonchev–Trinajstić information content (AvgIpc) is 2.47. The van der Waals surface area contributed by atoms with Crippen LogP contribution in [0.3, 0.4) is 0 Å². The van der Waals surface area contributed by atoms with Crippen molar-refractivity contribution in [1.29, 1.82) is 0 Å². The molecule has 0 amide bonds. The molecule has 0 fully saturated rings. The third kappa shape index (κ3) is 5.42. The first-order chi connectivity index (χ1) is 11.3. The minimum atomic E-state index is -3.36. The number of aromatic nitrogens is 2. The maximum absolute atomic E-state index is 12.2. The molecule has 0 aliphatic rings. The molecule has 0 saturated heterocycles. The molecule has 0 aliphatic heterocycles. The number of aryl methyl sites for hydroxylation is 1. The highest BCUT2D eigenvalue weighted by molar-refractivity contribution is 7.90. The Morgan fingerprint density at radius 1 is 1.25 bits per heavy atom. The van der Waals surface area contributed by atoms with E-state index in [1.165, 1.54) is 10.5 Å². The molecular weight excluding hydrogens is 328 g/mol. The molecular formula is C17H24N2O4S. The van der Waals surface area contributed by atoms with Crippen LogP contribution in [0, 0.1) is 12.8 Å². The van der Waals surface area contributed by atoms with E-state index in [9.17, 15) is 13.2 Å². The van der Waals surface area contributed by atoms with Gasteiger partial charge >= 0.3 is 0 Å². The number of fused-ring (bicyclic) bond motifs is 1. The number of sulfone groups is 1. The smallest absolute Gasteiger partial charge is 0.258 e. The highest BCUT2D eigenvalue weighted by Gasteiger charge is 2.14. The molecule has 0 aromatic carbocycles. The number of pyridine rings is 1. The predicted molar refractivity (Wildman–Crippen MR) is 94.0 cm³/mol. The number of nitrogens with zero attached hydrogens (tertiary/aromatic N) is 2. The molecule has 2 aromatic heterocycles. The first kappa shape index (κ1) is 18.6. The summed E-state index contributed by atoms with van der Waals surface area (Å²) in [6, 6.07) is 4.83. The standard InChI is InChI=1S/C17H24N2O4S/c1-13(2)6-7-23-8-9-24(21,22)12-15-10-17(20)19-11-14(3)4-5-16(19)18-15/h4-5,10-11,13H,6-9,12H2,1-3H3. The van der Waals surface area contributed by atoms with E-state index in [0.717, 1.165) is 12.0 Å². The molecule has 2 heterocycles. The van der Waals surface area contributed by atoms with Crippen molar-refractivity contribution in [2.24, 2.45) is 5.92 Å². The summed E-state index contributed by atoms with van der Waals surface area (Å²) >= 11 is 0. The second-order valence-corrected chi connectivity index (χ2v) is 8.59. The van der Waals surface area contributed by atoms with E-state index in [1.807, 2.05) is 13.0 Å². The van der Waals surface area contributed by atoms with Gasteiger partial charge in [-0.2, -0.15) is 0 Å². The van der Waals surface area contributed by atoms with E-state index in [2.05, 4.69) is 18.8 Å². The molecule has 0 atom stereocenters. The lowest BCUT2D eigenvalue weighted by Gasteiger charge is -2.08. The van der Waals surface area contributed by atoms with Crippen molar-refractivity contribution in [2.75, 3.05) is 19.0 Å². The van der Waals surface area contributed by atoms with Gasteiger partial charge in [-0.15, -0.1) is 0 Å². The summed E-state index contributed by atoms with van der Waals surface area (Å²) in [6.07, 6.45) is 2.59. The molecule has 2 rings (SSSR count). The highest BCUT2D eigenvalue weighted by Crippen LogP contribution is 2.07. The van der Waals surface area contributed by atoms with Gasteiger partial charge in [-0.25, -0.2) is 13.4 Å². The van der Waals surface area contributed by atoms with E-state index < -0.39 is 9.84 Å². The van der Waals surface area contributed by atoms with Gasteiger partial charge in [0.2, 0.25) is 0 Å². The zero-order valence-electron chi connectivity index (χ0n) is 14.4. The monoisotopic (exact) mass is 352 g/mol. The van der Waals surface area contributed by atoms with Gasteiger partial charge in [0.15, 0.2) is 9.84 Å². The first-order valence-electron chi connectivity index (χ1n) is 8.04. The van der Waals surface area contributed by atoms with Crippen LogP contribution in [0.5, 0.6) is 0 Å². The minimum absolute atomic E-state index is 0.0694. The van der Waals surface area contributed by atoms with Crippen LogP contribution in [0.15, 0.2) is 29.2 Å². The van der Waals surface area contributed by atoms with Crippen molar-refractivity contribution < 1.29 is 13.2 Å². The van der Waals surface area contributed by atoms with E-state index in [0.29, 0.717) is 18.2 Å². The summed E-state index contributed by atoms with van der Waals surface area (Å²) in [6.45, 7) is 6.78. The van der Waals surface area contributed by atoms with Crippen LogP contribution in [0.1, 0.15) is 31.5 Å². The van der Waals surface area contributed by atoms with Crippen LogP contribution in [-0.2, 0) is 20.3 Å². The van der Waals surface area contributed by atoms with Crippen LogP contribution in [0.4, 0.5) is 0 Å². The second kappa shape index (κ2) is 7.90. The van der Waals surface area contributed by atoms with Crippen molar-refractivity contribution >= 4 is 15.5 Å². The zero-order chi connectivity index (χ0) is 17.7. The lowest BCUT2D eigenvalue weighted by molar-refractivity contribution is 0.137. The fraction of sp³-hybridized carbons (Fsp3) is 0.529. The van der Waals surface area contributed by atoms with E-state index in [1.54, 1.807) is 12.3 Å². The summed E-state index contributed by atoms with van der Waals surface area (Å²) in [5.74, 6) is 0.209. The Bertz CT molecular complexity index is 857. The van der Waals surface area contributed by atoms with E-state index in [4.69, 9.17) is 4.74 Å². The van der Waals surface area contributed by atoms with Crippen LogP contribution >= 0.6 is 0 Å². The van der Waals surface area contributed by atoms with Crippen LogP contribution < -0.4 is 5.56 Å². The molecule has 0 bridgehead atoms. The van der Waals surface area contributed by atoms with Crippen molar-refractivity contribution in [3.05, 3.63) is 46.0 Å². The Morgan fingerprint density at radius 3 is 2.71 bits per heavy atom. The average molecular weight is 352 g/mol. The maximum Gasteiger partial charge on any atom is 0.258 e. The molecule has 132 valence electrons. The molecule has 0 spiro atoms. The quantitative estimate of drug-likeness (QED) is 0.679. The van der Waals surface area contributed by atoms with Gasteiger partial charge < -0.3 is 4.74 Å². The summed E-state index contributed by atoms with van der Waals surface area (Å²) in [4.78, 5) is 16.4. The lowest BCUT2D eigenvalue weighted by Crippen LogP contribution is -2.20. The lowest BCUT2D eigenvalue weighted by atomic mass is 10.1. The topological polar surface area (TPSA) is 77.7 Å². The Kier molecular flexibility index (Phi) is 6.12. The Balaban J connectivity index is 2.03. The largest absolute Gasteiger partial charge is 0.380 e. The second-order valence-electron chi connectivity index (χ2n) is 6.41. The Labute approximate surface area is 142 Å². The molecule has 6 nitrogen and oxygen atoms in total. The highest BCUT2D eigenvalue weighted by atomic mass is 32.2. The predicted octanol–water partition coefficient (Wildman–Crippen LogP) is 1.98. The summed E-state index contributed by atoms with van der Waals surface area (Å²) in [5, 5.41) is 0. The minimum Gasteiger partial charge on any atom is -0.380 e. The Morgan fingerprint density at radius 2 is 2.00 bits per heavy atom. The fourth-order valence-electron chi connectivity index (χ4n) is 2.24. The third-order valence-corrected chi connectivity index (χ3v) is 5.13. The summed E-state index contributed by atoms with van der Waals surface area (Å²) in [7, 11) is -3.36. The van der Waals surface area contributed by atoms with Crippen molar-refractivity contribution in [2.45, 2.75) is 32.9 Å². The van der Waals surface area contributed by atoms with Crippen molar-refractivity contribution in [3.8, 4) is 0 Å². The Hall–Kier alpha value is -1.73. The third-order valence-electron chi connectivity index (χ3n) is 3.61. The normalized spacial score (nSPS) is 12.2. The van der Waals surface area contributed by atoms with Gasteiger partial charge in [0.1, 0.15) is 5.65 Å². The van der Waals surface area contributed by atoms with Crippen LogP contribution in [-0.4, -0.2) is 36.8 Å². The number of hydrogen-bond acceptors (Lipinski definition) is 5. The van der Waals surface area contributed by atoms with Gasteiger partial charge in [-0.1, -0.05) is 19.9 Å². The number of rotatable bonds is 8. The van der Waals surface area contributed by atoms with Gasteiger partial charge in [-0.3, -0.25) is 9.20 Å². The molecule has 0 N–H and O–H groups in total. The molecule has 24 heavy (non-hydrogen) atoms.